The van der Waals surface area contributed by atoms with Crippen LogP contribution in [0.3, 0.4) is 0 Å². The van der Waals surface area contributed by atoms with Crippen molar-refractivity contribution in [3.8, 4) is 11.3 Å². The monoisotopic (exact) mass is 269 g/mol. The Balaban J connectivity index is 2.33. The van der Waals surface area contributed by atoms with E-state index in [1.807, 2.05) is 12.1 Å². The lowest BCUT2D eigenvalue weighted by Crippen LogP contribution is -2.11. The second-order valence-corrected chi connectivity index (χ2v) is 5.83. The number of aromatic nitrogens is 2. The van der Waals surface area contributed by atoms with Crippen molar-refractivity contribution in [1.29, 1.82) is 0 Å². The van der Waals surface area contributed by atoms with Crippen LogP contribution >= 0.6 is 0 Å². The highest BCUT2D eigenvalue weighted by molar-refractivity contribution is 5.65. The summed E-state index contributed by atoms with van der Waals surface area (Å²) in [4.78, 5) is 0. The lowest BCUT2D eigenvalue weighted by molar-refractivity contribution is 0.864. The zero-order chi connectivity index (χ0) is 14.7. The van der Waals surface area contributed by atoms with Gasteiger partial charge in [0.05, 0.1) is 5.69 Å². The molecular formula is C17H23N3. The lowest BCUT2D eigenvalue weighted by atomic mass is 9.96. The van der Waals surface area contributed by atoms with Gasteiger partial charge in [-0.2, -0.15) is 0 Å². The van der Waals surface area contributed by atoms with Crippen molar-refractivity contribution in [3.63, 3.8) is 0 Å². The third-order valence-corrected chi connectivity index (χ3v) is 3.31. The van der Waals surface area contributed by atoms with E-state index in [4.69, 9.17) is 0 Å². The highest BCUT2D eigenvalue weighted by Crippen LogP contribution is 2.26. The molecule has 0 bridgehead atoms. The first-order valence-electron chi connectivity index (χ1n) is 7.18. The van der Waals surface area contributed by atoms with Crippen LogP contribution in [0, 0.1) is 6.92 Å². The van der Waals surface area contributed by atoms with Crippen molar-refractivity contribution in [2.45, 2.75) is 46.6 Å². The minimum atomic E-state index is 0.362. The third kappa shape index (κ3) is 3.35. The molecule has 1 aromatic heterocycles. The number of hydrogen-bond acceptors (Lipinski definition) is 3. The van der Waals surface area contributed by atoms with Gasteiger partial charge < -0.3 is 5.32 Å². The fourth-order valence-electron chi connectivity index (χ4n) is 2.12. The fourth-order valence-corrected chi connectivity index (χ4v) is 2.12. The molecule has 3 nitrogen and oxygen atoms in total. The Morgan fingerprint density at radius 1 is 0.950 bits per heavy atom. The van der Waals surface area contributed by atoms with Crippen LogP contribution in [0.2, 0.25) is 0 Å². The number of rotatable bonds is 4. The molecule has 0 aliphatic rings. The van der Waals surface area contributed by atoms with Gasteiger partial charge in [-0.1, -0.05) is 26.0 Å². The molecule has 106 valence electrons. The topological polar surface area (TPSA) is 37.8 Å². The van der Waals surface area contributed by atoms with Gasteiger partial charge in [-0.3, -0.25) is 0 Å². The van der Waals surface area contributed by atoms with E-state index in [1.165, 1.54) is 16.7 Å². The molecule has 0 atom stereocenters. The summed E-state index contributed by atoms with van der Waals surface area (Å²) in [6.45, 7) is 10.7. The van der Waals surface area contributed by atoms with Crippen LogP contribution in [0.15, 0.2) is 30.3 Å². The Kier molecular flexibility index (Phi) is 4.38. The molecule has 20 heavy (non-hydrogen) atoms. The molecule has 0 aliphatic heterocycles. The van der Waals surface area contributed by atoms with Crippen molar-refractivity contribution >= 4 is 5.82 Å². The molecule has 0 unspecified atom stereocenters. The van der Waals surface area contributed by atoms with Gasteiger partial charge in [0.15, 0.2) is 0 Å². The van der Waals surface area contributed by atoms with Gasteiger partial charge in [0.1, 0.15) is 5.82 Å². The van der Waals surface area contributed by atoms with Crippen LogP contribution in [-0.4, -0.2) is 16.2 Å². The molecule has 0 saturated carbocycles. The van der Waals surface area contributed by atoms with Crippen LogP contribution in [0.1, 0.15) is 44.7 Å². The average Bonchev–Trinajstić information content (AvgIpc) is 2.39. The van der Waals surface area contributed by atoms with Crippen LogP contribution in [0.25, 0.3) is 11.3 Å². The first kappa shape index (κ1) is 14.5. The zero-order valence-electron chi connectivity index (χ0n) is 12.9. The van der Waals surface area contributed by atoms with Gasteiger partial charge >= 0.3 is 0 Å². The van der Waals surface area contributed by atoms with E-state index >= 15 is 0 Å². The molecule has 0 aliphatic carbocycles. The molecule has 2 rings (SSSR count). The van der Waals surface area contributed by atoms with E-state index in [0.29, 0.717) is 12.0 Å². The quantitative estimate of drug-likeness (QED) is 0.894. The molecule has 0 saturated heterocycles. The molecule has 0 fully saturated rings. The van der Waals surface area contributed by atoms with E-state index in [0.717, 1.165) is 11.5 Å². The van der Waals surface area contributed by atoms with E-state index < -0.39 is 0 Å². The Labute approximate surface area is 121 Å². The van der Waals surface area contributed by atoms with Crippen LogP contribution < -0.4 is 5.32 Å². The third-order valence-electron chi connectivity index (χ3n) is 3.31. The van der Waals surface area contributed by atoms with Gasteiger partial charge in [-0.05, 0) is 56.0 Å². The smallest absolute Gasteiger partial charge is 0.148 e. The first-order valence-corrected chi connectivity index (χ1v) is 7.18. The van der Waals surface area contributed by atoms with Crippen molar-refractivity contribution < 1.29 is 0 Å². The summed E-state index contributed by atoms with van der Waals surface area (Å²) in [6.07, 6.45) is 0. The predicted molar refractivity (Wildman–Crippen MR) is 85.1 cm³/mol. The molecule has 3 heteroatoms. The van der Waals surface area contributed by atoms with Crippen LogP contribution in [0.5, 0.6) is 0 Å². The minimum Gasteiger partial charge on any atom is -0.366 e. The molecule has 0 spiro atoms. The van der Waals surface area contributed by atoms with Crippen molar-refractivity contribution in [2.24, 2.45) is 0 Å². The molecule has 1 N–H and O–H groups in total. The SMILES string of the molecule is Cc1ccc(C(C)C)cc1-c1ccc(NC(C)C)nn1. The zero-order valence-corrected chi connectivity index (χ0v) is 12.9. The molecule has 1 heterocycles. The van der Waals surface area contributed by atoms with E-state index in [9.17, 15) is 0 Å². The standard InChI is InChI=1S/C17H23N3/c1-11(2)14-7-6-13(5)15(10-14)16-8-9-17(20-19-16)18-12(3)4/h6-12H,1-5H3,(H,18,20). The fraction of sp³-hybridized carbons (Fsp3) is 0.412. The average molecular weight is 269 g/mol. The predicted octanol–water partition coefficient (Wildman–Crippen LogP) is 4.40. The number of hydrogen-bond donors (Lipinski definition) is 1. The Morgan fingerprint density at radius 3 is 2.25 bits per heavy atom. The largest absolute Gasteiger partial charge is 0.366 e. The number of aryl methyl sites for hydroxylation is 1. The maximum absolute atomic E-state index is 4.35. The van der Waals surface area contributed by atoms with E-state index in [-0.39, 0.29) is 0 Å². The second-order valence-electron chi connectivity index (χ2n) is 5.83. The van der Waals surface area contributed by atoms with E-state index in [2.05, 4.69) is 68.3 Å². The Bertz CT molecular complexity index is 571. The normalized spacial score (nSPS) is 11.2. The maximum Gasteiger partial charge on any atom is 0.148 e. The van der Waals surface area contributed by atoms with Gasteiger partial charge in [0.2, 0.25) is 0 Å². The summed E-state index contributed by atoms with van der Waals surface area (Å²) in [5.41, 5.74) is 4.66. The molecule has 2 aromatic rings. The highest BCUT2D eigenvalue weighted by atomic mass is 15.2. The summed E-state index contributed by atoms with van der Waals surface area (Å²) in [5, 5.41) is 11.9. The summed E-state index contributed by atoms with van der Waals surface area (Å²) in [6, 6.07) is 11.0. The van der Waals surface area contributed by atoms with Crippen LogP contribution in [0.4, 0.5) is 5.82 Å². The number of nitrogens with zero attached hydrogens (tertiary/aromatic N) is 2. The second kappa shape index (κ2) is 6.04. The first-order chi connectivity index (χ1) is 9.47. The maximum atomic E-state index is 4.35. The Morgan fingerprint density at radius 2 is 1.70 bits per heavy atom. The molecular weight excluding hydrogens is 246 g/mol. The minimum absolute atomic E-state index is 0.362. The van der Waals surface area contributed by atoms with Crippen molar-refractivity contribution in [1.82, 2.24) is 10.2 Å². The van der Waals surface area contributed by atoms with Gasteiger partial charge in [0, 0.05) is 11.6 Å². The summed E-state index contributed by atoms with van der Waals surface area (Å²) in [7, 11) is 0. The van der Waals surface area contributed by atoms with Crippen LogP contribution in [-0.2, 0) is 0 Å². The molecule has 0 radical (unpaired) electrons. The lowest BCUT2D eigenvalue weighted by Gasteiger charge is -2.12. The van der Waals surface area contributed by atoms with E-state index in [1.54, 1.807) is 0 Å². The van der Waals surface area contributed by atoms with Gasteiger partial charge in [-0.15, -0.1) is 10.2 Å². The van der Waals surface area contributed by atoms with Crippen molar-refractivity contribution in [2.75, 3.05) is 5.32 Å². The Hall–Kier alpha value is -1.90. The van der Waals surface area contributed by atoms with Gasteiger partial charge in [-0.25, -0.2) is 0 Å². The summed E-state index contributed by atoms with van der Waals surface area (Å²) >= 11 is 0. The summed E-state index contributed by atoms with van der Waals surface area (Å²) < 4.78 is 0. The van der Waals surface area contributed by atoms with Gasteiger partial charge in [0.25, 0.3) is 0 Å². The number of benzene rings is 1. The van der Waals surface area contributed by atoms with Crippen molar-refractivity contribution in [3.05, 3.63) is 41.5 Å². The summed E-state index contributed by atoms with van der Waals surface area (Å²) in [5.74, 6) is 1.34. The number of anilines is 1. The molecule has 0 amide bonds. The number of nitrogens with one attached hydrogen (secondary N) is 1. The molecule has 1 aromatic carbocycles. The highest BCUT2D eigenvalue weighted by Gasteiger charge is 2.08.